The van der Waals surface area contributed by atoms with Gasteiger partial charge in [0.15, 0.2) is 5.96 Å². The van der Waals surface area contributed by atoms with Crippen LogP contribution >= 0.6 is 0 Å². The van der Waals surface area contributed by atoms with E-state index in [4.69, 9.17) is 10.5 Å². The summed E-state index contributed by atoms with van der Waals surface area (Å²) in [5, 5.41) is 0. The predicted octanol–water partition coefficient (Wildman–Crippen LogP) is 0.975. The molecule has 1 fully saturated rings. The fourth-order valence-corrected chi connectivity index (χ4v) is 1.76. The van der Waals surface area contributed by atoms with E-state index in [1.165, 1.54) is 12.8 Å². The Bertz CT molecular complexity index is 430. The maximum absolute atomic E-state index is 11.7. The Morgan fingerprint density at radius 1 is 1.32 bits per heavy atom. The zero-order valence-electron chi connectivity index (χ0n) is 15.8. The lowest BCUT2D eigenvalue weighted by Crippen LogP contribution is -2.50. The third-order valence-electron chi connectivity index (χ3n) is 3.01. The number of carbonyl (C=O) groups is 2. The van der Waals surface area contributed by atoms with Crippen LogP contribution in [0.5, 0.6) is 0 Å². The first kappa shape index (κ1) is 27.3. The number of nitrogens with two attached hydrogens (primary N) is 2. The first-order valence-corrected chi connectivity index (χ1v) is 7.78. The molecule has 0 aromatic heterocycles. The van der Waals surface area contributed by atoms with Gasteiger partial charge in [-0.3, -0.25) is 14.5 Å². The van der Waals surface area contributed by atoms with E-state index in [9.17, 15) is 4.79 Å². The molecule has 0 aromatic rings. The van der Waals surface area contributed by atoms with Crippen LogP contribution in [0, 0.1) is 31.6 Å². The zero-order valence-corrected chi connectivity index (χ0v) is 15.8. The van der Waals surface area contributed by atoms with Gasteiger partial charge in [0, 0.05) is 20.3 Å². The number of rotatable bonds is 3. The second-order valence-electron chi connectivity index (χ2n) is 5.62. The van der Waals surface area contributed by atoms with E-state index in [0.29, 0.717) is 18.3 Å². The summed E-state index contributed by atoms with van der Waals surface area (Å²) in [7, 11) is 1.68. The van der Waals surface area contributed by atoms with Crippen molar-refractivity contribution in [3.05, 3.63) is 0 Å². The molecule has 1 saturated carbocycles. The molecule has 0 aromatic carbocycles. The lowest BCUT2D eigenvalue weighted by molar-refractivity contribution is -0.129. The van der Waals surface area contributed by atoms with Crippen molar-refractivity contribution in [3.8, 4) is 25.7 Å². The van der Waals surface area contributed by atoms with E-state index in [1.54, 1.807) is 12.0 Å². The average Bonchev–Trinajstić information content (AvgIpc) is 3.39. The van der Waals surface area contributed by atoms with Crippen molar-refractivity contribution in [2.75, 3.05) is 20.3 Å². The second kappa shape index (κ2) is 16.4. The van der Waals surface area contributed by atoms with Gasteiger partial charge in [-0.25, -0.2) is 4.99 Å². The van der Waals surface area contributed by atoms with Crippen LogP contribution in [0.1, 0.15) is 40.0 Å². The van der Waals surface area contributed by atoms with Gasteiger partial charge in [0.2, 0.25) is 12.3 Å². The highest BCUT2D eigenvalue weighted by Crippen LogP contribution is 2.31. The van der Waals surface area contributed by atoms with Crippen LogP contribution in [0.15, 0.2) is 4.99 Å². The molecule has 0 radical (unpaired) electrons. The molecule has 2 amide bonds. The molecule has 25 heavy (non-hydrogen) atoms. The predicted molar refractivity (Wildman–Crippen MR) is 102 cm³/mol. The summed E-state index contributed by atoms with van der Waals surface area (Å²) in [5.74, 6) is 1.18. The minimum absolute atomic E-state index is 0.120. The molecule has 4 N–H and O–H groups in total. The number of methoxy groups -OCH3 is 1. The van der Waals surface area contributed by atoms with E-state index in [0.717, 1.165) is 13.2 Å². The molecule has 0 saturated heterocycles. The van der Waals surface area contributed by atoms with Crippen molar-refractivity contribution in [2.24, 2.45) is 22.4 Å². The highest BCUT2D eigenvalue weighted by Gasteiger charge is 2.35. The van der Waals surface area contributed by atoms with E-state index in [1.807, 2.05) is 20.8 Å². The van der Waals surface area contributed by atoms with E-state index < -0.39 is 0 Å². The molecule has 7 heteroatoms. The van der Waals surface area contributed by atoms with Gasteiger partial charge >= 0.3 is 0 Å². The number of hydrogen-bond donors (Lipinski definition) is 2. The molecule has 1 aliphatic heterocycles. The molecule has 2 rings (SSSR count). The largest absolute Gasteiger partial charge is 0.385 e. The lowest BCUT2D eigenvalue weighted by Gasteiger charge is -2.32. The first-order chi connectivity index (χ1) is 11.8. The van der Waals surface area contributed by atoms with E-state index in [2.05, 4.69) is 41.2 Å². The summed E-state index contributed by atoms with van der Waals surface area (Å²) < 4.78 is 4.54. The number of nitrogens with zero attached hydrogens (tertiary/aromatic N) is 2. The topological polar surface area (TPSA) is 111 Å². The third kappa shape index (κ3) is 14.8. The monoisotopic (exact) mass is 352 g/mol. The lowest BCUT2D eigenvalue weighted by atomic mass is 9.99. The number of aliphatic imine (C=N–C) groups is 1. The first-order valence-electron chi connectivity index (χ1n) is 7.78. The SMILES string of the molecule is C#C.C#C.CC1(C)CC(=O)N(CC2CC2)C(N)=N1.CCOC.NC=O. The van der Waals surface area contributed by atoms with Gasteiger partial charge in [0.05, 0.1) is 12.0 Å². The van der Waals surface area contributed by atoms with Gasteiger partial charge in [-0.1, -0.05) is 0 Å². The van der Waals surface area contributed by atoms with Crippen LogP contribution in [-0.2, 0) is 14.3 Å². The Morgan fingerprint density at radius 3 is 2.00 bits per heavy atom. The second-order valence-corrected chi connectivity index (χ2v) is 5.62. The van der Waals surface area contributed by atoms with Crippen molar-refractivity contribution >= 4 is 18.3 Å². The number of primary amides is 1. The fourth-order valence-electron chi connectivity index (χ4n) is 1.76. The van der Waals surface area contributed by atoms with Crippen LogP contribution in [0.4, 0.5) is 0 Å². The van der Waals surface area contributed by atoms with Crippen LogP contribution in [-0.4, -0.2) is 49.0 Å². The number of guanidine groups is 1. The molecule has 0 bridgehead atoms. The van der Waals surface area contributed by atoms with Gasteiger partial charge in [-0.15, -0.1) is 25.7 Å². The molecular weight excluding hydrogens is 320 g/mol. The average molecular weight is 352 g/mol. The summed E-state index contributed by atoms with van der Waals surface area (Å²) in [6.45, 7) is 7.42. The highest BCUT2D eigenvalue weighted by molar-refractivity contribution is 5.98. The quantitative estimate of drug-likeness (QED) is 0.582. The van der Waals surface area contributed by atoms with Crippen molar-refractivity contribution < 1.29 is 14.3 Å². The smallest absolute Gasteiger partial charge is 0.231 e. The number of carbonyl (C=O) groups excluding carboxylic acids is 2. The van der Waals surface area contributed by atoms with Crippen LogP contribution < -0.4 is 11.5 Å². The Labute approximate surface area is 152 Å². The number of hydrogen-bond acceptors (Lipinski definition) is 5. The highest BCUT2D eigenvalue weighted by atomic mass is 16.5. The molecule has 2 aliphatic rings. The number of amides is 2. The van der Waals surface area contributed by atoms with Crippen LogP contribution in [0.2, 0.25) is 0 Å². The minimum atomic E-state index is -0.318. The van der Waals surface area contributed by atoms with Gasteiger partial charge in [0.1, 0.15) is 0 Å². The van der Waals surface area contributed by atoms with Crippen molar-refractivity contribution in [1.29, 1.82) is 0 Å². The summed E-state index contributed by atoms with van der Waals surface area (Å²) in [6, 6.07) is 0. The number of terminal acetylenes is 2. The summed E-state index contributed by atoms with van der Waals surface area (Å²) in [5.41, 5.74) is 9.62. The normalized spacial score (nSPS) is 16.6. The fraction of sp³-hybridized carbons (Fsp3) is 0.611. The van der Waals surface area contributed by atoms with Crippen LogP contribution in [0.3, 0.4) is 0 Å². The maximum Gasteiger partial charge on any atom is 0.231 e. The van der Waals surface area contributed by atoms with Crippen LogP contribution in [0.25, 0.3) is 0 Å². The van der Waals surface area contributed by atoms with Gasteiger partial charge in [-0.05, 0) is 39.5 Å². The maximum atomic E-state index is 11.7. The summed E-state index contributed by atoms with van der Waals surface area (Å²) in [6.07, 6.45) is 19.2. The summed E-state index contributed by atoms with van der Waals surface area (Å²) in [4.78, 5) is 26.3. The van der Waals surface area contributed by atoms with Crippen molar-refractivity contribution in [2.45, 2.75) is 45.6 Å². The van der Waals surface area contributed by atoms with Gasteiger partial charge in [-0.2, -0.15) is 0 Å². The molecule has 1 aliphatic carbocycles. The third-order valence-corrected chi connectivity index (χ3v) is 3.01. The summed E-state index contributed by atoms with van der Waals surface area (Å²) >= 11 is 0. The number of ether oxygens (including phenoxy) is 1. The Hall–Kier alpha value is -2.51. The van der Waals surface area contributed by atoms with Crippen molar-refractivity contribution in [1.82, 2.24) is 4.90 Å². The van der Waals surface area contributed by atoms with E-state index >= 15 is 0 Å². The molecule has 1 heterocycles. The Morgan fingerprint density at radius 2 is 1.72 bits per heavy atom. The molecule has 0 atom stereocenters. The van der Waals surface area contributed by atoms with Crippen molar-refractivity contribution in [3.63, 3.8) is 0 Å². The van der Waals surface area contributed by atoms with Gasteiger partial charge in [0.25, 0.3) is 0 Å². The minimum Gasteiger partial charge on any atom is -0.385 e. The Kier molecular flexibility index (Phi) is 17.9. The Balaban J connectivity index is -0.000000371. The molecule has 0 spiro atoms. The zero-order chi connectivity index (χ0) is 20.5. The molecule has 0 unspecified atom stereocenters. The molecule has 7 nitrogen and oxygen atoms in total. The standard InChI is InChI=1S/C10H17N3O.C3H8O.2C2H2.CH3NO/c1-10(2)5-8(14)13(9(11)12-10)6-7-3-4-7;1-3-4-2;2*1-2;2-1-3/h7H,3-6H2,1-2H3,(H2,11,12);3H2,1-2H3;2*1-2H;1H,(H2,2,3). The van der Waals surface area contributed by atoms with E-state index in [-0.39, 0.29) is 17.9 Å². The molecule has 142 valence electrons. The van der Waals surface area contributed by atoms with Gasteiger partial charge < -0.3 is 16.2 Å². The molecular formula is C18H32N4O3.